The second-order valence-corrected chi connectivity index (χ2v) is 5.09. The molecule has 0 aliphatic rings. The van der Waals surface area contributed by atoms with Gasteiger partial charge in [0.15, 0.2) is 0 Å². The van der Waals surface area contributed by atoms with Gasteiger partial charge in [-0.3, -0.25) is 0 Å². The number of para-hydroxylation sites is 1. The number of benzene rings is 2. The number of aliphatic hydroxyl groups excluding tert-OH is 1. The SMILES string of the molecule is CO/N=C(/c1ccc(COc2ccccc2C)cc1)C(C)O. The fraction of sp³-hybridized carbons (Fsp3) is 0.278. The second kappa shape index (κ2) is 7.61. The molecule has 1 unspecified atom stereocenters. The molecule has 0 aliphatic heterocycles. The lowest BCUT2D eigenvalue weighted by atomic mass is 10.0. The predicted octanol–water partition coefficient (Wildman–Crippen LogP) is 3.31. The summed E-state index contributed by atoms with van der Waals surface area (Å²) in [5.74, 6) is 0.886. The molecule has 0 saturated carbocycles. The summed E-state index contributed by atoms with van der Waals surface area (Å²) >= 11 is 0. The Labute approximate surface area is 131 Å². The molecule has 116 valence electrons. The van der Waals surface area contributed by atoms with Crippen molar-refractivity contribution in [3.63, 3.8) is 0 Å². The maximum atomic E-state index is 9.71. The number of nitrogens with zero attached hydrogens (tertiary/aromatic N) is 1. The molecular formula is C18H21NO3. The summed E-state index contributed by atoms with van der Waals surface area (Å²) in [5, 5.41) is 13.6. The van der Waals surface area contributed by atoms with E-state index in [1.54, 1.807) is 6.92 Å². The quantitative estimate of drug-likeness (QED) is 0.657. The smallest absolute Gasteiger partial charge is 0.122 e. The van der Waals surface area contributed by atoms with E-state index in [0.717, 1.165) is 22.4 Å². The Balaban J connectivity index is 2.06. The highest BCUT2D eigenvalue weighted by molar-refractivity contribution is 6.03. The number of aliphatic hydroxyl groups is 1. The first-order valence-corrected chi connectivity index (χ1v) is 7.18. The van der Waals surface area contributed by atoms with Crippen molar-refractivity contribution in [3.8, 4) is 5.75 Å². The van der Waals surface area contributed by atoms with Crippen LogP contribution in [-0.2, 0) is 11.4 Å². The summed E-state index contributed by atoms with van der Waals surface area (Å²) in [4.78, 5) is 4.77. The molecule has 0 saturated heterocycles. The van der Waals surface area contributed by atoms with Crippen LogP contribution in [0, 0.1) is 6.92 Å². The number of hydrogen-bond acceptors (Lipinski definition) is 4. The first kappa shape index (κ1) is 16.0. The van der Waals surface area contributed by atoms with Crippen LogP contribution in [0.5, 0.6) is 5.75 Å². The molecule has 0 spiro atoms. The van der Waals surface area contributed by atoms with E-state index >= 15 is 0 Å². The van der Waals surface area contributed by atoms with E-state index in [0.29, 0.717) is 12.3 Å². The van der Waals surface area contributed by atoms with Gasteiger partial charge in [-0.2, -0.15) is 0 Å². The lowest BCUT2D eigenvalue weighted by molar-refractivity contribution is 0.200. The molecule has 4 nitrogen and oxygen atoms in total. The van der Waals surface area contributed by atoms with Crippen molar-refractivity contribution in [1.29, 1.82) is 0 Å². The fourth-order valence-electron chi connectivity index (χ4n) is 2.12. The third-order valence-electron chi connectivity index (χ3n) is 3.32. The Morgan fingerprint density at radius 2 is 1.82 bits per heavy atom. The van der Waals surface area contributed by atoms with Gasteiger partial charge in [-0.05, 0) is 31.0 Å². The zero-order chi connectivity index (χ0) is 15.9. The number of aryl methyl sites for hydroxylation is 1. The van der Waals surface area contributed by atoms with Crippen LogP contribution in [0.25, 0.3) is 0 Å². The molecule has 0 radical (unpaired) electrons. The Bertz CT molecular complexity index is 633. The van der Waals surface area contributed by atoms with E-state index < -0.39 is 6.10 Å². The first-order valence-electron chi connectivity index (χ1n) is 7.18. The molecule has 2 aromatic rings. The minimum atomic E-state index is -0.686. The second-order valence-electron chi connectivity index (χ2n) is 5.09. The number of hydrogen-bond donors (Lipinski definition) is 1. The van der Waals surface area contributed by atoms with E-state index in [2.05, 4.69) is 5.16 Å². The van der Waals surface area contributed by atoms with Gasteiger partial charge in [0.05, 0.1) is 6.10 Å². The highest BCUT2D eigenvalue weighted by atomic mass is 16.6. The molecule has 1 atom stereocenters. The molecule has 1 N–H and O–H groups in total. The topological polar surface area (TPSA) is 51.0 Å². The average Bonchev–Trinajstić information content (AvgIpc) is 2.52. The van der Waals surface area contributed by atoms with Gasteiger partial charge in [0.1, 0.15) is 25.2 Å². The first-order chi connectivity index (χ1) is 10.6. The lowest BCUT2D eigenvalue weighted by Crippen LogP contribution is -2.18. The molecule has 2 rings (SSSR count). The number of ether oxygens (including phenoxy) is 1. The molecule has 0 amide bonds. The summed E-state index contributed by atoms with van der Waals surface area (Å²) in [6.45, 7) is 4.18. The summed E-state index contributed by atoms with van der Waals surface area (Å²) in [6, 6.07) is 15.7. The predicted molar refractivity (Wildman–Crippen MR) is 87.2 cm³/mol. The van der Waals surface area contributed by atoms with Crippen LogP contribution < -0.4 is 4.74 Å². The van der Waals surface area contributed by atoms with Crippen molar-refractivity contribution in [1.82, 2.24) is 0 Å². The van der Waals surface area contributed by atoms with Crippen molar-refractivity contribution in [2.75, 3.05) is 7.11 Å². The Morgan fingerprint density at radius 3 is 2.41 bits per heavy atom. The molecule has 0 heterocycles. The van der Waals surface area contributed by atoms with Crippen molar-refractivity contribution >= 4 is 5.71 Å². The zero-order valence-electron chi connectivity index (χ0n) is 13.1. The normalized spacial score (nSPS) is 12.8. The van der Waals surface area contributed by atoms with Crippen molar-refractivity contribution in [3.05, 3.63) is 65.2 Å². The van der Waals surface area contributed by atoms with Crippen LogP contribution >= 0.6 is 0 Å². The van der Waals surface area contributed by atoms with Gasteiger partial charge < -0.3 is 14.7 Å². The van der Waals surface area contributed by atoms with Crippen LogP contribution in [-0.4, -0.2) is 24.0 Å². The summed E-state index contributed by atoms with van der Waals surface area (Å²) in [7, 11) is 1.47. The molecule has 0 aliphatic carbocycles. The van der Waals surface area contributed by atoms with E-state index in [1.165, 1.54) is 7.11 Å². The molecule has 22 heavy (non-hydrogen) atoms. The van der Waals surface area contributed by atoms with Gasteiger partial charge in [0.2, 0.25) is 0 Å². The molecule has 4 heteroatoms. The molecule has 0 fully saturated rings. The van der Waals surface area contributed by atoms with Crippen molar-refractivity contribution in [2.45, 2.75) is 26.6 Å². The third kappa shape index (κ3) is 4.09. The molecule has 0 bridgehead atoms. The van der Waals surface area contributed by atoms with Crippen LogP contribution in [0.15, 0.2) is 53.7 Å². The standard InChI is InChI=1S/C18H21NO3/c1-13-6-4-5-7-17(13)22-12-15-8-10-16(11-9-15)18(14(2)20)19-21-3/h4-11,14,20H,12H2,1-3H3/b19-18+. The van der Waals surface area contributed by atoms with E-state index in [-0.39, 0.29) is 0 Å². The van der Waals surface area contributed by atoms with Crippen LogP contribution in [0.2, 0.25) is 0 Å². The molecule has 0 aromatic heterocycles. The third-order valence-corrected chi connectivity index (χ3v) is 3.32. The van der Waals surface area contributed by atoms with Gasteiger partial charge in [-0.15, -0.1) is 0 Å². The Hall–Kier alpha value is -2.33. The van der Waals surface area contributed by atoms with Gasteiger partial charge >= 0.3 is 0 Å². The largest absolute Gasteiger partial charge is 0.489 e. The van der Waals surface area contributed by atoms with Gasteiger partial charge in [0.25, 0.3) is 0 Å². The van der Waals surface area contributed by atoms with Gasteiger partial charge in [-0.1, -0.05) is 47.6 Å². The summed E-state index contributed by atoms with van der Waals surface area (Å²) in [5.41, 5.74) is 3.50. The minimum Gasteiger partial charge on any atom is -0.489 e. The van der Waals surface area contributed by atoms with Crippen molar-refractivity contribution in [2.24, 2.45) is 5.16 Å². The lowest BCUT2D eigenvalue weighted by Gasteiger charge is -2.11. The van der Waals surface area contributed by atoms with Crippen LogP contribution in [0.1, 0.15) is 23.6 Å². The van der Waals surface area contributed by atoms with E-state index in [4.69, 9.17) is 9.57 Å². The Morgan fingerprint density at radius 1 is 1.14 bits per heavy atom. The zero-order valence-corrected chi connectivity index (χ0v) is 13.1. The van der Waals surface area contributed by atoms with Crippen LogP contribution in [0.3, 0.4) is 0 Å². The molecular weight excluding hydrogens is 278 g/mol. The monoisotopic (exact) mass is 299 g/mol. The average molecular weight is 299 g/mol. The van der Waals surface area contributed by atoms with E-state index in [9.17, 15) is 5.11 Å². The van der Waals surface area contributed by atoms with Gasteiger partial charge in [-0.25, -0.2) is 0 Å². The summed E-state index contributed by atoms with van der Waals surface area (Å²) < 4.78 is 5.81. The number of oxime groups is 1. The highest BCUT2D eigenvalue weighted by Gasteiger charge is 2.11. The van der Waals surface area contributed by atoms with Crippen molar-refractivity contribution < 1.29 is 14.7 Å². The highest BCUT2D eigenvalue weighted by Crippen LogP contribution is 2.18. The maximum Gasteiger partial charge on any atom is 0.122 e. The maximum absolute atomic E-state index is 9.71. The fourth-order valence-corrected chi connectivity index (χ4v) is 2.12. The van der Waals surface area contributed by atoms with Gasteiger partial charge in [0, 0.05) is 5.56 Å². The minimum absolute atomic E-state index is 0.497. The van der Waals surface area contributed by atoms with Crippen LogP contribution in [0.4, 0.5) is 0 Å². The Kier molecular flexibility index (Phi) is 5.55. The molecule has 2 aromatic carbocycles. The number of rotatable bonds is 6. The van der Waals surface area contributed by atoms with E-state index in [1.807, 2.05) is 55.5 Å². The summed E-state index contributed by atoms with van der Waals surface area (Å²) in [6.07, 6.45) is -0.686.